The molecule has 26 heavy (non-hydrogen) atoms. The SMILES string of the molecule is CCC(=O)Nc1ccc(C2NC(=S)N(C)C(C)=C2C(=O)OC(C)C)cc1. The highest BCUT2D eigenvalue weighted by molar-refractivity contribution is 7.80. The Morgan fingerprint density at radius 1 is 1.31 bits per heavy atom. The van der Waals surface area contributed by atoms with Gasteiger partial charge in [0.05, 0.1) is 17.7 Å². The van der Waals surface area contributed by atoms with Crippen molar-refractivity contribution < 1.29 is 14.3 Å². The Morgan fingerprint density at radius 3 is 2.46 bits per heavy atom. The first-order valence-electron chi connectivity index (χ1n) is 8.60. The molecule has 0 saturated carbocycles. The van der Waals surface area contributed by atoms with E-state index >= 15 is 0 Å². The van der Waals surface area contributed by atoms with E-state index in [0.29, 0.717) is 22.8 Å². The van der Waals surface area contributed by atoms with Crippen molar-refractivity contribution in [2.75, 3.05) is 12.4 Å². The van der Waals surface area contributed by atoms with Crippen LogP contribution in [0, 0.1) is 0 Å². The number of carbonyl (C=O) groups excluding carboxylic acids is 2. The molecule has 7 heteroatoms. The fourth-order valence-electron chi connectivity index (χ4n) is 2.64. The predicted molar refractivity (Wildman–Crippen MR) is 106 cm³/mol. The van der Waals surface area contributed by atoms with Gasteiger partial charge in [-0.1, -0.05) is 19.1 Å². The normalized spacial score (nSPS) is 17.2. The summed E-state index contributed by atoms with van der Waals surface area (Å²) in [6.45, 7) is 7.29. The second kappa shape index (κ2) is 8.31. The number of ether oxygens (including phenoxy) is 1. The van der Waals surface area contributed by atoms with Crippen molar-refractivity contribution in [2.45, 2.75) is 46.3 Å². The lowest BCUT2D eigenvalue weighted by atomic mass is 9.95. The molecule has 2 N–H and O–H groups in total. The lowest BCUT2D eigenvalue weighted by molar-refractivity contribution is -0.143. The van der Waals surface area contributed by atoms with E-state index in [9.17, 15) is 9.59 Å². The monoisotopic (exact) mass is 375 g/mol. The standard InChI is InChI=1S/C19H25N3O3S/c1-6-15(23)20-14-9-7-13(8-10-14)17-16(18(24)25-11(2)3)12(4)22(5)19(26)21-17/h7-11,17H,6H2,1-5H3,(H,20,23)(H,21,26). The van der Waals surface area contributed by atoms with Crippen molar-refractivity contribution >= 4 is 34.9 Å². The molecule has 0 spiro atoms. The molecule has 0 saturated heterocycles. The number of carbonyl (C=O) groups is 2. The maximum absolute atomic E-state index is 12.7. The molecule has 1 heterocycles. The number of thiocarbonyl (C=S) groups is 1. The Morgan fingerprint density at radius 2 is 1.92 bits per heavy atom. The highest BCUT2D eigenvalue weighted by Gasteiger charge is 2.33. The summed E-state index contributed by atoms with van der Waals surface area (Å²) in [5.41, 5.74) is 2.86. The summed E-state index contributed by atoms with van der Waals surface area (Å²) in [6, 6.07) is 6.96. The average Bonchev–Trinajstić information content (AvgIpc) is 2.59. The van der Waals surface area contributed by atoms with Crippen LogP contribution in [0.2, 0.25) is 0 Å². The fraction of sp³-hybridized carbons (Fsp3) is 0.421. The number of hydrogen-bond acceptors (Lipinski definition) is 4. The van der Waals surface area contributed by atoms with E-state index in [0.717, 1.165) is 11.3 Å². The quantitative estimate of drug-likeness (QED) is 0.609. The third kappa shape index (κ3) is 4.40. The molecule has 0 radical (unpaired) electrons. The van der Waals surface area contributed by atoms with Crippen LogP contribution in [-0.4, -0.2) is 35.0 Å². The van der Waals surface area contributed by atoms with E-state index in [-0.39, 0.29) is 18.0 Å². The molecule has 1 aliphatic rings. The van der Waals surface area contributed by atoms with Gasteiger partial charge >= 0.3 is 5.97 Å². The lowest BCUT2D eigenvalue weighted by Crippen LogP contribution is -2.46. The predicted octanol–water partition coefficient (Wildman–Crippen LogP) is 3.12. The maximum atomic E-state index is 12.7. The van der Waals surface area contributed by atoms with Gasteiger partial charge in [0.15, 0.2) is 5.11 Å². The van der Waals surface area contributed by atoms with Gasteiger partial charge in [-0.2, -0.15) is 0 Å². The molecule has 1 atom stereocenters. The number of amides is 1. The second-order valence-corrected chi connectivity index (χ2v) is 6.81. The zero-order valence-electron chi connectivity index (χ0n) is 15.8. The zero-order chi connectivity index (χ0) is 19.4. The van der Waals surface area contributed by atoms with E-state index in [1.807, 2.05) is 52.1 Å². The van der Waals surface area contributed by atoms with Crippen LogP contribution in [-0.2, 0) is 14.3 Å². The van der Waals surface area contributed by atoms with Gasteiger partial charge in [-0.15, -0.1) is 0 Å². The smallest absolute Gasteiger partial charge is 0.338 e. The van der Waals surface area contributed by atoms with Crippen LogP contribution in [0.15, 0.2) is 35.5 Å². The van der Waals surface area contributed by atoms with Gasteiger partial charge in [-0.3, -0.25) is 4.79 Å². The van der Waals surface area contributed by atoms with Gasteiger partial charge in [-0.05, 0) is 50.7 Å². The van der Waals surface area contributed by atoms with Crippen molar-refractivity contribution in [3.63, 3.8) is 0 Å². The summed E-state index contributed by atoms with van der Waals surface area (Å²) in [5.74, 6) is -0.416. The molecule has 6 nitrogen and oxygen atoms in total. The van der Waals surface area contributed by atoms with Crippen LogP contribution in [0.1, 0.15) is 45.7 Å². The Kier molecular flexibility index (Phi) is 6.37. The first-order valence-corrected chi connectivity index (χ1v) is 9.01. The first kappa shape index (κ1) is 19.9. The number of nitrogens with one attached hydrogen (secondary N) is 2. The second-order valence-electron chi connectivity index (χ2n) is 6.42. The molecule has 140 valence electrons. The van der Waals surface area contributed by atoms with Gasteiger partial charge in [0, 0.05) is 24.9 Å². The minimum atomic E-state index is -0.402. The van der Waals surface area contributed by atoms with Crippen molar-refractivity contribution in [2.24, 2.45) is 0 Å². The molecule has 1 aromatic carbocycles. The lowest BCUT2D eigenvalue weighted by Gasteiger charge is -2.35. The molecule has 0 fully saturated rings. The minimum Gasteiger partial charge on any atom is -0.459 e. The number of hydrogen-bond donors (Lipinski definition) is 2. The Hall–Kier alpha value is -2.41. The molecule has 0 aliphatic carbocycles. The Bertz CT molecular complexity index is 741. The van der Waals surface area contributed by atoms with E-state index in [4.69, 9.17) is 17.0 Å². The average molecular weight is 375 g/mol. The van der Waals surface area contributed by atoms with Crippen LogP contribution < -0.4 is 10.6 Å². The largest absolute Gasteiger partial charge is 0.459 e. The number of anilines is 1. The van der Waals surface area contributed by atoms with E-state index in [2.05, 4.69) is 10.6 Å². The number of nitrogens with zero attached hydrogens (tertiary/aromatic N) is 1. The van der Waals surface area contributed by atoms with Crippen LogP contribution in [0.5, 0.6) is 0 Å². The summed E-state index contributed by atoms with van der Waals surface area (Å²) in [6.07, 6.45) is 0.203. The van der Waals surface area contributed by atoms with Crippen molar-refractivity contribution in [1.82, 2.24) is 10.2 Å². The maximum Gasteiger partial charge on any atom is 0.338 e. The van der Waals surface area contributed by atoms with E-state index in [1.54, 1.807) is 11.8 Å². The van der Waals surface area contributed by atoms with Crippen LogP contribution in [0.4, 0.5) is 5.69 Å². The molecule has 1 amide bonds. The molecular weight excluding hydrogens is 350 g/mol. The summed E-state index contributed by atoms with van der Waals surface area (Å²) < 4.78 is 5.42. The first-order chi connectivity index (χ1) is 12.2. The third-order valence-corrected chi connectivity index (χ3v) is 4.56. The topological polar surface area (TPSA) is 70.7 Å². The highest BCUT2D eigenvalue weighted by atomic mass is 32.1. The third-order valence-electron chi connectivity index (χ3n) is 4.17. The number of benzene rings is 1. The molecular formula is C19H25N3O3S. The summed E-state index contributed by atoms with van der Waals surface area (Å²) >= 11 is 5.38. The minimum absolute atomic E-state index is 0.0479. The molecule has 1 aromatic rings. The summed E-state index contributed by atoms with van der Waals surface area (Å²) in [7, 11) is 1.81. The highest BCUT2D eigenvalue weighted by Crippen LogP contribution is 2.31. The van der Waals surface area contributed by atoms with E-state index in [1.165, 1.54) is 0 Å². The van der Waals surface area contributed by atoms with Crippen molar-refractivity contribution in [1.29, 1.82) is 0 Å². The molecule has 1 aliphatic heterocycles. The van der Waals surface area contributed by atoms with Gasteiger partial charge in [0.1, 0.15) is 0 Å². The summed E-state index contributed by atoms with van der Waals surface area (Å²) in [4.78, 5) is 25.9. The molecule has 2 rings (SSSR count). The van der Waals surface area contributed by atoms with E-state index < -0.39 is 6.04 Å². The van der Waals surface area contributed by atoms with Crippen molar-refractivity contribution in [3.8, 4) is 0 Å². The Balaban J connectivity index is 2.36. The van der Waals surface area contributed by atoms with Crippen LogP contribution in [0.25, 0.3) is 0 Å². The number of esters is 1. The summed E-state index contributed by atoms with van der Waals surface area (Å²) in [5, 5.41) is 6.55. The van der Waals surface area contributed by atoms with Gasteiger partial charge < -0.3 is 20.3 Å². The fourth-order valence-corrected chi connectivity index (χ4v) is 2.89. The molecule has 0 bridgehead atoms. The Labute approximate surface area is 159 Å². The number of rotatable bonds is 5. The van der Waals surface area contributed by atoms with Gasteiger partial charge in [0.25, 0.3) is 0 Å². The molecule has 0 aromatic heterocycles. The molecule has 1 unspecified atom stereocenters. The van der Waals surface area contributed by atoms with Gasteiger partial charge in [0.2, 0.25) is 5.91 Å². The number of allylic oxidation sites excluding steroid dienone is 1. The van der Waals surface area contributed by atoms with Gasteiger partial charge in [-0.25, -0.2) is 4.79 Å². The van der Waals surface area contributed by atoms with Crippen molar-refractivity contribution in [3.05, 3.63) is 41.1 Å². The van der Waals surface area contributed by atoms with Crippen LogP contribution >= 0.6 is 12.2 Å². The zero-order valence-corrected chi connectivity index (χ0v) is 16.6. The van der Waals surface area contributed by atoms with Crippen LogP contribution in [0.3, 0.4) is 0 Å².